The maximum atomic E-state index is 13.0. The molecule has 0 aromatic heterocycles. The van der Waals surface area contributed by atoms with Crippen molar-refractivity contribution >= 4 is 35.0 Å². The molecule has 0 bridgehead atoms. The molecule has 1 fully saturated rings. The molecular weight excluding hydrogens is 402 g/mol. The van der Waals surface area contributed by atoms with E-state index in [1.54, 1.807) is 18.9 Å². The van der Waals surface area contributed by atoms with Crippen molar-refractivity contribution in [2.45, 2.75) is 27.5 Å². The molecule has 3 aromatic carbocycles. The Morgan fingerprint density at radius 1 is 1.00 bits per heavy atom. The number of rotatable bonds is 3. The number of β-lactam (4-membered cyclic amide) rings is 1. The first-order valence-electron chi connectivity index (χ1n) is 9.58. The van der Waals surface area contributed by atoms with E-state index in [1.807, 2.05) is 53.4 Å². The zero-order valence-electron chi connectivity index (χ0n) is 15.9. The average molecular weight is 422 g/mol. The summed E-state index contributed by atoms with van der Waals surface area (Å²) in [6.07, 6.45) is 0.739. The van der Waals surface area contributed by atoms with E-state index >= 15 is 0 Å². The summed E-state index contributed by atoms with van der Waals surface area (Å²) in [6.45, 7) is 0. The van der Waals surface area contributed by atoms with Gasteiger partial charge in [-0.25, -0.2) is 0 Å². The first kappa shape index (κ1) is 18.6. The minimum atomic E-state index is -0.586. The third-order valence-corrected chi connectivity index (χ3v) is 7.76. The fourth-order valence-corrected chi connectivity index (χ4v) is 6.22. The van der Waals surface area contributed by atoms with Crippen LogP contribution in [0.25, 0.3) is 0 Å². The number of alkyl halides is 1. The van der Waals surface area contributed by atoms with E-state index in [2.05, 4.69) is 30.3 Å². The number of halogens is 1. The van der Waals surface area contributed by atoms with Crippen LogP contribution in [0, 0.1) is 0 Å². The molecule has 5 heteroatoms. The molecule has 0 aliphatic carbocycles. The van der Waals surface area contributed by atoms with E-state index in [1.165, 1.54) is 5.56 Å². The number of nitrogens with zero attached hydrogens (tertiary/aromatic N) is 1. The van der Waals surface area contributed by atoms with Crippen molar-refractivity contribution in [1.82, 2.24) is 0 Å². The van der Waals surface area contributed by atoms with Gasteiger partial charge in [0.05, 0.1) is 18.3 Å². The molecule has 3 nitrogen and oxygen atoms in total. The second-order valence-corrected chi connectivity index (χ2v) is 9.06. The van der Waals surface area contributed by atoms with Gasteiger partial charge in [0, 0.05) is 10.1 Å². The molecular formula is C24H20ClNO2S. The summed E-state index contributed by atoms with van der Waals surface area (Å²) < 4.78 is 5.33. The number of carbonyl (C=O) groups is 1. The van der Waals surface area contributed by atoms with Gasteiger partial charge in [-0.3, -0.25) is 9.69 Å². The van der Waals surface area contributed by atoms with Gasteiger partial charge in [-0.2, -0.15) is 0 Å². The molecule has 146 valence electrons. The highest BCUT2D eigenvalue weighted by Crippen LogP contribution is 2.60. The van der Waals surface area contributed by atoms with Gasteiger partial charge in [0.15, 0.2) is 0 Å². The van der Waals surface area contributed by atoms with Crippen molar-refractivity contribution in [2.24, 2.45) is 0 Å². The van der Waals surface area contributed by atoms with E-state index in [0.29, 0.717) is 0 Å². The average Bonchev–Trinajstić information content (AvgIpc) is 2.92. The van der Waals surface area contributed by atoms with E-state index in [9.17, 15) is 4.79 Å². The fourth-order valence-electron chi connectivity index (χ4n) is 4.43. The summed E-state index contributed by atoms with van der Waals surface area (Å²) in [6, 6.07) is 26.5. The van der Waals surface area contributed by atoms with Crippen LogP contribution >= 0.6 is 23.4 Å². The van der Waals surface area contributed by atoms with Gasteiger partial charge < -0.3 is 4.74 Å². The van der Waals surface area contributed by atoms with Crippen LogP contribution in [0.4, 0.5) is 5.69 Å². The molecule has 0 radical (unpaired) electrons. The third kappa shape index (κ3) is 2.77. The summed E-state index contributed by atoms with van der Waals surface area (Å²) in [5.74, 6) is 0.806. The Kier molecular flexibility index (Phi) is 4.56. The van der Waals surface area contributed by atoms with Crippen LogP contribution in [0.1, 0.15) is 22.8 Å². The van der Waals surface area contributed by atoms with Crippen molar-refractivity contribution in [3.8, 4) is 5.75 Å². The lowest BCUT2D eigenvalue weighted by atomic mass is 9.72. The summed E-state index contributed by atoms with van der Waals surface area (Å²) >= 11 is 8.58. The molecule has 1 amide bonds. The Bertz CT molecular complexity index is 1060. The molecule has 2 aliphatic rings. The predicted octanol–water partition coefficient (Wildman–Crippen LogP) is 5.78. The lowest BCUT2D eigenvalue weighted by Crippen LogP contribution is -2.70. The maximum Gasteiger partial charge on any atom is 0.248 e. The van der Waals surface area contributed by atoms with E-state index in [0.717, 1.165) is 28.3 Å². The van der Waals surface area contributed by atoms with Crippen LogP contribution < -0.4 is 9.64 Å². The molecule has 2 aliphatic heterocycles. The molecule has 2 heterocycles. The largest absolute Gasteiger partial charge is 0.497 e. The molecule has 0 spiro atoms. The summed E-state index contributed by atoms with van der Waals surface area (Å²) in [5, 5.41) is -0.431. The van der Waals surface area contributed by atoms with E-state index in [4.69, 9.17) is 16.3 Å². The Morgan fingerprint density at radius 2 is 1.69 bits per heavy atom. The molecule has 0 unspecified atom stereocenters. The Balaban J connectivity index is 1.68. The van der Waals surface area contributed by atoms with Gasteiger partial charge >= 0.3 is 0 Å². The van der Waals surface area contributed by atoms with Crippen LogP contribution in [0.2, 0.25) is 0 Å². The molecule has 3 aromatic rings. The fraction of sp³-hybridized carbons (Fsp3) is 0.208. The van der Waals surface area contributed by atoms with Gasteiger partial charge in [-0.1, -0.05) is 54.6 Å². The number of hydrogen-bond acceptors (Lipinski definition) is 3. The van der Waals surface area contributed by atoms with Crippen LogP contribution in [0.3, 0.4) is 0 Å². The lowest BCUT2D eigenvalue weighted by molar-refractivity contribution is -0.127. The highest BCUT2D eigenvalue weighted by atomic mass is 35.5. The van der Waals surface area contributed by atoms with Crippen LogP contribution in [0.15, 0.2) is 83.8 Å². The molecule has 0 N–H and O–H groups in total. The monoisotopic (exact) mass is 421 g/mol. The molecule has 0 saturated carbocycles. The van der Waals surface area contributed by atoms with Crippen molar-refractivity contribution < 1.29 is 9.53 Å². The topological polar surface area (TPSA) is 29.5 Å². The quantitative estimate of drug-likeness (QED) is 0.396. The normalized spacial score (nSPS) is 25.4. The van der Waals surface area contributed by atoms with Crippen LogP contribution in [-0.4, -0.2) is 18.4 Å². The Morgan fingerprint density at radius 3 is 2.41 bits per heavy atom. The Labute approximate surface area is 179 Å². The smallest absolute Gasteiger partial charge is 0.248 e. The number of amides is 1. The number of hydrogen-bond donors (Lipinski definition) is 0. The van der Waals surface area contributed by atoms with Crippen LogP contribution in [-0.2, 0) is 10.3 Å². The second-order valence-electron chi connectivity index (χ2n) is 7.38. The van der Waals surface area contributed by atoms with Crippen molar-refractivity contribution in [2.75, 3.05) is 12.0 Å². The van der Waals surface area contributed by atoms with Crippen LogP contribution in [0.5, 0.6) is 5.75 Å². The predicted molar refractivity (Wildman–Crippen MR) is 118 cm³/mol. The van der Waals surface area contributed by atoms with Gasteiger partial charge in [0.2, 0.25) is 5.91 Å². The first-order chi connectivity index (χ1) is 14.1. The van der Waals surface area contributed by atoms with Gasteiger partial charge in [0.25, 0.3) is 0 Å². The standard InChI is InChI=1S/C24H20ClNO2S/c1-28-18-13-11-16(12-14-18)21-15-24(17-7-3-2-4-8-17)22(25)23(27)26(24)19-9-5-6-10-20(19)29-21/h2-14,21-22H,15H2,1H3/t21-,22+,24-/m0/s1. The van der Waals surface area contributed by atoms with Crippen molar-refractivity contribution in [1.29, 1.82) is 0 Å². The van der Waals surface area contributed by atoms with Gasteiger partial charge in [0.1, 0.15) is 11.1 Å². The third-order valence-electron chi connectivity index (χ3n) is 5.89. The highest BCUT2D eigenvalue weighted by Gasteiger charge is 2.63. The number of carbonyl (C=O) groups excluding carboxylic acids is 1. The highest BCUT2D eigenvalue weighted by molar-refractivity contribution is 7.99. The molecule has 5 rings (SSSR count). The zero-order chi connectivity index (χ0) is 20.0. The Hall–Kier alpha value is -2.43. The number of para-hydroxylation sites is 1. The SMILES string of the molecule is COc1ccc([C@@H]2C[C@]3(c4ccccc4)[C@H](Cl)C(=O)N3c3ccccc3S2)cc1. The number of anilines is 1. The summed E-state index contributed by atoms with van der Waals surface area (Å²) in [7, 11) is 1.67. The number of benzene rings is 3. The molecule has 3 atom stereocenters. The number of methoxy groups -OCH3 is 1. The molecule has 1 saturated heterocycles. The second kappa shape index (κ2) is 7.12. The summed E-state index contributed by atoms with van der Waals surface area (Å²) in [4.78, 5) is 16.0. The van der Waals surface area contributed by atoms with Crippen molar-refractivity contribution in [3.05, 3.63) is 90.0 Å². The number of ether oxygens (including phenoxy) is 1. The van der Waals surface area contributed by atoms with E-state index in [-0.39, 0.29) is 11.2 Å². The van der Waals surface area contributed by atoms with E-state index < -0.39 is 10.9 Å². The van der Waals surface area contributed by atoms with Gasteiger partial charge in [-0.15, -0.1) is 23.4 Å². The minimum absolute atomic E-state index is 0.0287. The summed E-state index contributed by atoms with van der Waals surface area (Å²) in [5.41, 5.74) is 2.66. The maximum absolute atomic E-state index is 13.0. The zero-order valence-corrected chi connectivity index (χ0v) is 17.5. The first-order valence-corrected chi connectivity index (χ1v) is 10.9. The lowest BCUT2D eigenvalue weighted by Gasteiger charge is -2.55. The van der Waals surface area contributed by atoms with Gasteiger partial charge in [-0.05, 0) is 41.8 Å². The van der Waals surface area contributed by atoms with Crippen molar-refractivity contribution in [3.63, 3.8) is 0 Å². The molecule has 29 heavy (non-hydrogen) atoms. The minimum Gasteiger partial charge on any atom is -0.497 e. The number of fused-ring (bicyclic) bond motifs is 3. The number of thioether (sulfide) groups is 1.